The van der Waals surface area contributed by atoms with Crippen molar-refractivity contribution >= 4 is 11.6 Å². The number of nitrogens with two attached hydrogens (primary N) is 1. The predicted molar refractivity (Wildman–Crippen MR) is 142 cm³/mol. The third kappa shape index (κ3) is 5.53. The number of hydrogen-bond donors (Lipinski definition) is 2. The number of anilines is 1. The van der Waals surface area contributed by atoms with Crippen molar-refractivity contribution in [3.05, 3.63) is 134 Å². The first-order valence-electron chi connectivity index (χ1n) is 12.0. The average Bonchev–Trinajstić information content (AvgIpc) is 2.91. The summed E-state index contributed by atoms with van der Waals surface area (Å²) in [6, 6.07) is 29.0. The van der Waals surface area contributed by atoms with Crippen molar-refractivity contribution in [3.63, 3.8) is 0 Å². The third-order valence-electron chi connectivity index (χ3n) is 6.24. The van der Waals surface area contributed by atoms with Crippen molar-refractivity contribution in [3.8, 4) is 0 Å². The fourth-order valence-corrected chi connectivity index (χ4v) is 4.32. The van der Waals surface area contributed by atoms with Gasteiger partial charge in [-0.05, 0) is 30.0 Å². The van der Waals surface area contributed by atoms with Crippen LogP contribution < -0.4 is 22.3 Å². The molecule has 184 valence electrons. The van der Waals surface area contributed by atoms with E-state index < -0.39 is 17.0 Å². The molecule has 0 saturated carbocycles. The molecule has 0 radical (unpaired) electrons. The molecular weight excluding hydrogens is 452 g/mol. The molecule has 1 heterocycles. The van der Waals surface area contributed by atoms with Crippen LogP contribution in [0.3, 0.4) is 0 Å². The second-order valence-corrected chi connectivity index (χ2v) is 8.62. The molecule has 4 rings (SSSR count). The number of nitrogens with zero attached hydrogens (tertiary/aromatic N) is 2. The van der Waals surface area contributed by atoms with Crippen molar-refractivity contribution in [1.82, 2.24) is 14.5 Å². The van der Waals surface area contributed by atoms with E-state index in [0.717, 1.165) is 21.3 Å². The molecule has 0 aliphatic carbocycles. The van der Waals surface area contributed by atoms with E-state index in [4.69, 9.17) is 5.73 Å². The summed E-state index contributed by atoms with van der Waals surface area (Å²) < 4.78 is 2.36. The molecule has 3 aromatic carbocycles. The topological polar surface area (TPSA) is 99.1 Å². The van der Waals surface area contributed by atoms with E-state index >= 15 is 0 Å². The van der Waals surface area contributed by atoms with Crippen LogP contribution in [0.1, 0.15) is 40.0 Å². The number of Topliss-reactive ketones (excluding diaryl/α,β-unsaturated/α-hetero) is 1. The molecule has 36 heavy (non-hydrogen) atoms. The number of carbonyl (C=O) groups excluding carboxylic acids is 1. The summed E-state index contributed by atoms with van der Waals surface area (Å²) in [6.45, 7) is 1.91. The Bertz CT molecular complexity index is 1430. The Hall–Kier alpha value is -4.23. The lowest BCUT2D eigenvalue weighted by Crippen LogP contribution is -2.45. The maximum atomic E-state index is 13.4. The number of nitrogens with one attached hydrogen (secondary N) is 1. The van der Waals surface area contributed by atoms with E-state index in [-0.39, 0.29) is 37.1 Å². The summed E-state index contributed by atoms with van der Waals surface area (Å²) in [5.74, 6) is -0.555. The number of aromatic nitrogens is 2. The first-order chi connectivity index (χ1) is 17.5. The van der Waals surface area contributed by atoms with Crippen molar-refractivity contribution in [2.45, 2.75) is 32.5 Å². The molecule has 1 unspecified atom stereocenters. The number of ketones is 1. The smallest absolute Gasteiger partial charge is 0.332 e. The lowest BCUT2D eigenvalue weighted by atomic mass is 9.98. The van der Waals surface area contributed by atoms with Gasteiger partial charge in [0, 0.05) is 12.6 Å². The van der Waals surface area contributed by atoms with Crippen LogP contribution >= 0.6 is 0 Å². The summed E-state index contributed by atoms with van der Waals surface area (Å²) in [5.41, 5.74) is 7.95. The maximum Gasteiger partial charge on any atom is 0.332 e. The van der Waals surface area contributed by atoms with E-state index in [9.17, 15) is 14.4 Å². The zero-order valence-electron chi connectivity index (χ0n) is 20.3. The van der Waals surface area contributed by atoms with Crippen LogP contribution in [0.15, 0.2) is 101 Å². The molecule has 0 amide bonds. The van der Waals surface area contributed by atoms with Gasteiger partial charge in [0.2, 0.25) is 0 Å². The van der Waals surface area contributed by atoms with Gasteiger partial charge in [0.05, 0.1) is 13.1 Å². The second-order valence-electron chi connectivity index (χ2n) is 8.62. The van der Waals surface area contributed by atoms with Gasteiger partial charge in [-0.15, -0.1) is 0 Å². The Morgan fingerprint density at radius 1 is 0.833 bits per heavy atom. The fraction of sp³-hybridized carbons (Fsp3) is 0.207. The second kappa shape index (κ2) is 11.5. The van der Waals surface area contributed by atoms with Crippen molar-refractivity contribution < 1.29 is 4.79 Å². The molecule has 0 aliphatic rings. The SMILES string of the molecule is CCn1c(=O)c(C(=O)CNC(Cc2ccccc2)c2ccccc2)c(N)n(Cc2ccccc2)c1=O. The molecule has 3 N–H and O–H groups in total. The fourth-order valence-electron chi connectivity index (χ4n) is 4.32. The first-order valence-corrected chi connectivity index (χ1v) is 12.0. The minimum Gasteiger partial charge on any atom is -0.384 e. The minimum absolute atomic E-state index is 0.0981. The normalized spacial score (nSPS) is 11.8. The third-order valence-corrected chi connectivity index (χ3v) is 6.24. The highest BCUT2D eigenvalue weighted by Crippen LogP contribution is 2.19. The zero-order valence-corrected chi connectivity index (χ0v) is 20.3. The molecule has 1 aromatic heterocycles. The number of nitrogen functional groups attached to an aromatic ring is 1. The van der Waals surface area contributed by atoms with Gasteiger partial charge in [0.1, 0.15) is 11.4 Å². The van der Waals surface area contributed by atoms with E-state index in [1.807, 2.05) is 91.0 Å². The Morgan fingerprint density at radius 3 is 1.97 bits per heavy atom. The highest BCUT2D eigenvalue weighted by atomic mass is 16.2. The molecule has 1 atom stereocenters. The van der Waals surface area contributed by atoms with Gasteiger partial charge in [-0.3, -0.25) is 18.7 Å². The van der Waals surface area contributed by atoms with E-state index in [1.54, 1.807) is 6.92 Å². The van der Waals surface area contributed by atoms with Crippen LogP contribution in [0.5, 0.6) is 0 Å². The van der Waals surface area contributed by atoms with Crippen molar-refractivity contribution in [1.29, 1.82) is 0 Å². The molecule has 0 saturated heterocycles. The Balaban J connectivity index is 1.64. The highest BCUT2D eigenvalue weighted by molar-refractivity contribution is 6.01. The minimum atomic E-state index is -0.657. The summed E-state index contributed by atoms with van der Waals surface area (Å²) in [5, 5.41) is 3.32. The molecule has 4 aromatic rings. The monoisotopic (exact) mass is 482 g/mol. The molecule has 0 bridgehead atoms. The first kappa shape index (κ1) is 24.9. The van der Waals surface area contributed by atoms with Crippen LogP contribution in [-0.4, -0.2) is 21.5 Å². The number of hydrogen-bond acceptors (Lipinski definition) is 5. The highest BCUT2D eigenvalue weighted by Gasteiger charge is 2.23. The molecule has 0 aliphatic heterocycles. The molecule has 0 fully saturated rings. The van der Waals surface area contributed by atoms with Crippen LogP contribution in [0.2, 0.25) is 0 Å². The lowest BCUT2D eigenvalue weighted by Gasteiger charge is -2.20. The Morgan fingerprint density at radius 2 is 1.39 bits per heavy atom. The van der Waals surface area contributed by atoms with Crippen LogP contribution in [0.25, 0.3) is 0 Å². The Labute approximate surface area is 209 Å². The molecular formula is C29H30N4O3. The zero-order chi connectivity index (χ0) is 25.5. The van der Waals surface area contributed by atoms with E-state index in [1.165, 1.54) is 4.57 Å². The number of rotatable bonds is 10. The van der Waals surface area contributed by atoms with Gasteiger partial charge in [0.15, 0.2) is 5.78 Å². The average molecular weight is 483 g/mol. The maximum absolute atomic E-state index is 13.4. The number of carbonyl (C=O) groups is 1. The van der Waals surface area contributed by atoms with Crippen LogP contribution in [-0.2, 0) is 19.5 Å². The summed E-state index contributed by atoms with van der Waals surface area (Å²) in [4.78, 5) is 39.5. The van der Waals surface area contributed by atoms with Crippen molar-refractivity contribution in [2.75, 3.05) is 12.3 Å². The molecule has 0 spiro atoms. The van der Waals surface area contributed by atoms with Gasteiger partial charge < -0.3 is 11.1 Å². The van der Waals surface area contributed by atoms with Gasteiger partial charge in [-0.2, -0.15) is 0 Å². The quantitative estimate of drug-likeness (QED) is 0.338. The summed E-state index contributed by atoms with van der Waals surface area (Å²) >= 11 is 0. The Kier molecular flexibility index (Phi) is 7.92. The molecule has 7 nitrogen and oxygen atoms in total. The predicted octanol–water partition coefficient (Wildman–Crippen LogP) is 3.42. The number of benzene rings is 3. The van der Waals surface area contributed by atoms with Crippen LogP contribution in [0, 0.1) is 0 Å². The van der Waals surface area contributed by atoms with Gasteiger partial charge in [0.25, 0.3) is 5.56 Å². The lowest BCUT2D eigenvalue weighted by molar-refractivity contribution is 0.0985. The van der Waals surface area contributed by atoms with Gasteiger partial charge in [-0.25, -0.2) is 4.79 Å². The molecule has 7 heteroatoms. The van der Waals surface area contributed by atoms with Gasteiger partial charge >= 0.3 is 5.69 Å². The summed E-state index contributed by atoms with van der Waals surface area (Å²) in [6.07, 6.45) is 0.667. The van der Waals surface area contributed by atoms with Crippen molar-refractivity contribution in [2.24, 2.45) is 0 Å². The standard InChI is InChI=1S/C29H30N4O3/c1-2-32-28(35)26(27(30)33(29(32)36)20-22-14-8-4-9-15-22)25(34)19-31-24(23-16-10-5-11-17-23)18-21-12-6-3-7-13-21/h3-17,24,31H,2,18-20,30H2,1H3. The van der Waals surface area contributed by atoms with E-state index in [0.29, 0.717) is 6.42 Å². The largest absolute Gasteiger partial charge is 0.384 e. The summed E-state index contributed by atoms with van der Waals surface area (Å²) in [7, 11) is 0. The van der Waals surface area contributed by atoms with Crippen LogP contribution in [0.4, 0.5) is 5.82 Å². The van der Waals surface area contributed by atoms with Gasteiger partial charge in [-0.1, -0.05) is 91.0 Å². The van der Waals surface area contributed by atoms with E-state index in [2.05, 4.69) is 5.32 Å².